The van der Waals surface area contributed by atoms with Crippen LogP contribution in [0.25, 0.3) is 0 Å². The van der Waals surface area contributed by atoms with E-state index < -0.39 is 0 Å². The van der Waals surface area contributed by atoms with Crippen LogP contribution in [0.15, 0.2) is 6.07 Å². The molecule has 1 aromatic rings. The molecule has 100 valence electrons. The standard InChI is InChI=1S/C13H22N4O/c1-8-6-9(2)16-12(15-8)17-11(18)7-10(14)13(3,4)5/h6,10H,7,14H2,1-5H3,(H,15,16,17,18). The molecule has 0 bridgehead atoms. The SMILES string of the molecule is Cc1cc(C)nc(NC(=O)CC(N)C(C)(C)C)n1. The highest BCUT2D eigenvalue weighted by atomic mass is 16.1. The van der Waals surface area contributed by atoms with Crippen molar-refractivity contribution in [3.63, 3.8) is 0 Å². The first-order valence-electron chi connectivity index (χ1n) is 6.06. The van der Waals surface area contributed by atoms with Crippen molar-refractivity contribution in [1.82, 2.24) is 9.97 Å². The Morgan fingerprint density at radius 2 is 1.83 bits per heavy atom. The van der Waals surface area contributed by atoms with Crippen LogP contribution in [-0.2, 0) is 4.79 Å². The molecule has 1 aromatic heterocycles. The minimum Gasteiger partial charge on any atom is -0.327 e. The van der Waals surface area contributed by atoms with Crippen molar-refractivity contribution in [2.75, 3.05) is 5.32 Å². The van der Waals surface area contributed by atoms with Crippen LogP contribution in [0.2, 0.25) is 0 Å². The molecule has 1 unspecified atom stereocenters. The molecular weight excluding hydrogens is 228 g/mol. The van der Waals surface area contributed by atoms with Gasteiger partial charge in [-0.1, -0.05) is 20.8 Å². The zero-order valence-corrected chi connectivity index (χ0v) is 11.7. The van der Waals surface area contributed by atoms with Crippen LogP contribution in [0.1, 0.15) is 38.6 Å². The van der Waals surface area contributed by atoms with Gasteiger partial charge in [-0.3, -0.25) is 10.1 Å². The molecule has 1 heterocycles. The van der Waals surface area contributed by atoms with Gasteiger partial charge in [-0.05, 0) is 25.3 Å². The first-order chi connectivity index (χ1) is 8.18. The molecule has 0 aliphatic heterocycles. The number of rotatable bonds is 3. The van der Waals surface area contributed by atoms with Crippen molar-refractivity contribution < 1.29 is 4.79 Å². The number of aryl methyl sites for hydroxylation is 2. The smallest absolute Gasteiger partial charge is 0.229 e. The Bertz CT molecular complexity index is 417. The first kappa shape index (κ1) is 14.6. The lowest BCUT2D eigenvalue weighted by atomic mass is 9.85. The molecular formula is C13H22N4O. The lowest BCUT2D eigenvalue weighted by Gasteiger charge is -2.26. The third kappa shape index (κ3) is 4.41. The molecule has 0 aliphatic carbocycles. The Morgan fingerprint density at radius 1 is 1.33 bits per heavy atom. The third-order valence-electron chi connectivity index (χ3n) is 2.75. The maximum atomic E-state index is 11.8. The molecule has 1 rings (SSSR count). The second kappa shape index (κ2) is 5.44. The lowest BCUT2D eigenvalue weighted by molar-refractivity contribution is -0.117. The van der Waals surface area contributed by atoms with E-state index in [1.165, 1.54) is 0 Å². The predicted octanol–water partition coefficient (Wildman–Crippen LogP) is 1.80. The van der Waals surface area contributed by atoms with Crippen LogP contribution in [0.5, 0.6) is 0 Å². The number of nitrogens with zero attached hydrogens (tertiary/aromatic N) is 2. The number of hydrogen-bond donors (Lipinski definition) is 2. The predicted molar refractivity (Wildman–Crippen MR) is 72.2 cm³/mol. The summed E-state index contributed by atoms with van der Waals surface area (Å²) < 4.78 is 0. The summed E-state index contributed by atoms with van der Waals surface area (Å²) in [5.41, 5.74) is 7.53. The number of carbonyl (C=O) groups is 1. The fourth-order valence-electron chi connectivity index (χ4n) is 1.46. The van der Waals surface area contributed by atoms with Crippen molar-refractivity contribution in [3.05, 3.63) is 17.5 Å². The number of carbonyl (C=O) groups excluding carboxylic acids is 1. The van der Waals surface area contributed by atoms with E-state index in [-0.39, 0.29) is 23.8 Å². The normalized spacial score (nSPS) is 13.2. The highest BCUT2D eigenvalue weighted by Gasteiger charge is 2.23. The zero-order valence-electron chi connectivity index (χ0n) is 11.7. The molecule has 0 aromatic carbocycles. The summed E-state index contributed by atoms with van der Waals surface area (Å²) >= 11 is 0. The minimum atomic E-state index is -0.191. The van der Waals surface area contributed by atoms with Crippen LogP contribution in [0.4, 0.5) is 5.95 Å². The number of aromatic nitrogens is 2. The van der Waals surface area contributed by atoms with Crippen molar-refractivity contribution >= 4 is 11.9 Å². The molecule has 5 heteroatoms. The van der Waals surface area contributed by atoms with E-state index in [0.29, 0.717) is 5.95 Å². The Hall–Kier alpha value is -1.49. The van der Waals surface area contributed by atoms with Crippen LogP contribution >= 0.6 is 0 Å². The number of nitrogens with one attached hydrogen (secondary N) is 1. The Balaban J connectivity index is 2.65. The molecule has 0 aliphatic rings. The van der Waals surface area contributed by atoms with Crippen LogP contribution in [0, 0.1) is 19.3 Å². The summed E-state index contributed by atoms with van der Waals surface area (Å²) in [6.07, 6.45) is 0.264. The number of amides is 1. The molecule has 5 nitrogen and oxygen atoms in total. The Morgan fingerprint density at radius 3 is 2.28 bits per heavy atom. The highest BCUT2D eigenvalue weighted by Crippen LogP contribution is 2.19. The highest BCUT2D eigenvalue weighted by molar-refractivity contribution is 5.89. The van der Waals surface area contributed by atoms with Gasteiger partial charge in [0.2, 0.25) is 11.9 Å². The summed E-state index contributed by atoms with van der Waals surface area (Å²) in [7, 11) is 0. The summed E-state index contributed by atoms with van der Waals surface area (Å²) in [5, 5.41) is 2.69. The molecule has 1 atom stereocenters. The molecule has 0 spiro atoms. The summed E-state index contributed by atoms with van der Waals surface area (Å²) in [6.45, 7) is 9.77. The largest absolute Gasteiger partial charge is 0.327 e. The van der Waals surface area contributed by atoms with Gasteiger partial charge in [0.15, 0.2) is 0 Å². The van der Waals surface area contributed by atoms with Crippen molar-refractivity contribution in [3.8, 4) is 0 Å². The van der Waals surface area contributed by atoms with Crippen molar-refractivity contribution in [2.45, 2.75) is 47.1 Å². The minimum absolute atomic E-state index is 0.0965. The molecule has 0 radical (unpaired) electrons. The molecule has 0 fully saturated rings. The maximum Gasteiger partial charge on any atom is 0.229 e. The van der Waals surface area contributed by atoms with Crippen LogP contribution in [0.3, 0.4) is 0 Å². The van der Waals surface area contributed by atoms with Gasteiger partial charge in [0.1, 0.15) is 0 Å². The van der Waals surface area contributed by atoms with E-state index in [4.69, 9.17) is 5.73 Å². The van der Waals surface area contributed by atoms with Gasteiger partial charge in [-0.25, -0.2) is 9.97 Å². The molecule has 1 amide bonds. The third-order valence-corrected chi connectivity index (χ3v) is 2.75. The van der Waals surface area contributed by atoms with E-state index in [9.17, 15) is 4.79 Å². The van der Waals surface area contributed by atoms with E-state index >= 15 is 0 Å². The Labute approximate surface area is 108 Å². The monoisotopic (exact) mass is 250 g/mol. The van der Waals surface area contributed by atoms with Crippen LogP contribution in [-0.4, -0.2) is 21.9 Å². The second-order valence-electron chi connectivity index (χ2n) is 5.70. The van der Waals surface area contributed by atoms with E-state index in [1.54, 1.807) is 0 Å². The molecule has 0 saturated carbocycles. The van der Waals surface area contributed by atoms with Crippen LogP contribution < -0.4 is 11.1 Å². The summed E-state index contributed by atoms with van der Waals surface area (Å²) in [4.78, 5) is 20.1. The average Bonchev–Trinajstić information content (AvgIpc) is 2.13. The number of nitrogens with two attached hydrogens (primary N) is 1. The summed E-state index contributed by atoms with van der Waals surface area (Å²) in [6, 6.07) is 1.67. The number of hydrogen-bond acceptors (Lipinski definition) is 4. The number of anilines is 1. The topological polar surface area (TPSA) is 80.9 Å². The average molecular weight is 250 g/mol. The Kier molecular flexibility index (Phi) is 4.40. The van der Waals surface area contributed by atoms with Gasteiger partial charge in [0.05, 0.1) is 0 Å². The van der Waals surface area contributed by atoms with Gasteiger partial charge in [-0.15, -0.1) is 0 Å². The second-order valence-corrected chi connectivity index (χ2v) is 5.70. The zero-order chi connectivity index (χ0) is 13.9. The fraction of sp³-hybridized carbons (Fsp3) is 0.615. The molecule has 3 N–H and O–H groups in total. The van der Waals surface area contributed by atoms with E-state index in [1.807, 2.05) is 40.7 Å². The van der Waals surface area contributed by atoms with Gasteiger partial charge < -0.3 is 5.73 Å². The van der Waals surface area contributed by atoms with Gasteiger partial charge in [0, 0.05) is 23.9 Å². The van der Waals surface area contributed by atoms with Gasteiger partial charge in [-0.2, -0.15) is 0 Å². The van der Waals surface area contributed by atoms with E-state index in [0.717, 1.165) is 11.4 Å². The first-order valence-corrected chi connectivity index (χ1v) is 6.06. The van der Waals surface area contributed by atoms with Gasteiger partial charge >= 0.3 is 0 Å². The maximum absolute atomic E-state index is 11.8. The van der Waals surface area contributed by atoms with Crippen molar-refractivity contribution in [1.29, 1.82) is 0 Å². The molecule has 18 heavy (non-hydrogen) atoms. The summed E-state index contributed by atoms with van der Waals surface area (Å²) in [5.74, 6) is 0.195. The quantitative estimate of drug-likeness (QED) is 0.857. The van der Waals surface area contributed by atoms with E-state index in [2.05, 4.69) is 15.3 Å². The lowest BCUT2D eigenvalue weighted by Crippen LogP contribution is -2.38. The van der Waals surface area contributed by atoms with Crippen molar-refractivity contribution in [2.24, 2.45) is 11.1 Å². The fourth-order valence-corrected chi connectivity index (χ4v) is 1.46. The van der Waals surface area contributed by atoms with Gasteiger partial charge in [0.25, 0.3) is 0 Å². The molecule has 0 saturated heterocycles.